The molecule has 0 radical (unpaired) electrons. The molecule has 2 aliphatic heterocycles. The number of hydrogen-bond acceptors (Lipinski definition) is 3. The number of nitrogens with one attached hydrogen (secondary N) is 1. The molecule has 2 heterocycles. The Kier molecular flexibility index (Phi) is 7.88. The second-order valence-electron chi connectivity index (χ2n) is 10.3. The van der Waals surface area contributed by atoms with Gasteiger partial charge in [0.25, 0.3) is 5.91 Å². The van der Waals surface area contributed by atoms with Crippen molar-refractivity contribution in [3.8, 4) is 0 Å². The van der Waals surface area contributed by atoms with Crippen LogP contribution in [-0.2, 0) is 11.2 Å². The summed E-state index contributed by atoms with van der Waals surface area (Å²) in [4.78, 5) is 31.7. The zero-order valence-corrected chi connectivity index (χ0v) is 19.9. The van der Waals surface area contributed by atoms with Crippen molar-refractivity contribution in [1.29, 1.82) is 0 Å². The lowest BCUT2D eigenvalue weighted by Gasteiger charge is -2.45. The van der Waals surface area contributed by atoms with E-state index in [1.165, 1.54) is 57.8 Å². The van der Waals surface area contributed by atoms with E-state index < -0.39 is 5.54 Å². The third kappa shape index (κ3) is 5.36. The molecule has 32 heavy (non-hydrogen) atoms. The molecule has 0 spiro atoms. The van der Waals surface area contributed by atoms with E-state index in [1.807, 2.05) is 36.1 Å². The van der Waals surface area contributed by atoms with Crippen LogP contribution < -0.4 is 5.32 Å². The molecular formula is C27H41N3O2. The van der Waals surface area contributed by atoms with E-state index >= 15 is 0 Å². The van der Waals surface area contributed by atoms with Crippen LogP contribution in [0.15, 0.2) is 24.3 Å². The number of amides is 2. The summed E-state index contributed by atoms with van der Waals surface area (Å²) in [6.45, 7) is 5.65. The summed E-state index contributed by atoms with van der Waals surface area (Å²) < 4.78 is 0. The Balaban J connectivity index is 1.52. The number of fused-ring (bicyclic) bond motifs is 1. The highest BCUT2D eigenvalue weighted by molar-refractivity contribution is 6.02. The first-order chi connectivity index (χ1) is 15.6. The Morgan fingerprint density at radius 1 is 0.938 bits per heavy atom. The summed E-state index contributed by atoms with van der Waals surface area (Å²) in [6.07, 6.45) is 14.0. The van der Waals surface area contributed by atoms with Crippen LogP contribution in [0.1, 0.15) is 93.5 Å². The van der Waals surface area contributed by atoms with Crippen molar-refractivity contribution in [2.24, 2.45) is 0 Å². The van der Waals surface area contributed by atoms with Crippen LogP contribution >= 0.6 is 0 Å². The Morgan fingerprint density at radius 2 is 1.56 bits per heavy atom. The van der Waals surface area contributed by atoms with E-state index in [0.717, 1.165) is 43.6 Å². The van der Waals surface area contributed by atoms with Crippen LogP contribution in [0.2, 0.25) is 0 Å². The maximum atomic E-state index is 13.7. The van der Waals surface area contributed by atoms with E-state index in [0.29, 0.717) is 13.0 Å². The average molecular weight is 440 g/mol. The number of nitrogens with zero attached hydrogens (tertiary/aromatic N) is 2. The molecule has 0 bridgehead atoms. The van der Waals surface area contributed by atoms with Crippen molar-refractivity contribution in [1.82, 2.24) is 15.1 Å². The zero-order chi connectivity index (χ0) is 22.4. The average Bonchev–Trinajstić information content (AvgIpc) is 3.04. The summed E-state index contributed by atoms with van der Waals surface area (Å²) in [5.41, 5.74) is 0.929. The van der Waals surface area contributed by atoms with Gasteiger partial charge >= 0.3 is 0 Å². The summed E-state index contributed by atoms with van der Waals surface area (Å²) >= 11 is 0. The summed E-state index contributed by atoms with van der Waals surface area (Å²) in [6, 6.07) is 8.08. The van der Waals surface area contributed by atoms with Gasteiger partial charge in [0, 0.05) is 31.1 Å². The maximum absolute atomic E-state index is 13.7. The molecule has 1 aliphatic carbocycles. The van der Waals surface area contributed by atoms with Crippen LogP contribution in [0, 0.1) is 0 Å². The quantitative estimate of drug-likeness (QED) is 0.732. The van der Waals surface area contributed by atoms with Gasteiger partial charge in [0.1, 0.15) is 5.54 Å². The second-order valence-corrected chi connectivity index (χ2v) is 10.3. The van der Waals surface area contributed by atoms with Crippen molar-refractivity contribution in [2.45, 2.75) is 95.6 Å². The van der Waals surface area contributed by atoms with E-state index in [2.05, 4.69) is 10.2 Å². The first-order valence-electron chi connectivity index (χ1n) is 13.0. The van der Waals surface area contributed by atoms with Gasteiger partial charge in [0.05, 0.1) is 0 Å². The van der Waals surface area contributed by atoms with Gasteiger partial charge in [-0.1, -0.05) is 63.1 Å². The highest BCUT2D eigenvalue weighted by Gasteiger charge is 2.47. The van der Waals surface area contributed by atoms with Crippen molar-refractivity contribution >= 4 is 11.8 Å². The monoisotopic (exact) mass is 439 g/mol. The molecule has 176 valence electrons. The Bertz CT molecular complexity index is 779. The minimum absolute atomic E-state index is 0.0111. The lowest BCUT2D eigenvalue weighted by Crippen LogP contribution is -2.64. The molecule has 2 fully saturated rings. The lowest BCUT2D eigenvalue weighted by molar-refractivity contribution is -0.132. The van der Waals surface area contributed by atoms with Crippen molar-refractivity contribution in [3.63, 3.8) is 0 Å². The van der Waals surface area contributed by atoms with Crippen LogP contribution in [0.3, 0.4) is 0 Å². The number of likely N-dealkylation sites (tertiary alicyclic amines) is 1. The SMILES string of the molecule is CC1(C(=O)NC2CCCCCCC2)Cc2ccccc2C(=O)N1CCN1CCCCCC1. The van der Waals surface area contributed by atoms with Gasteiger partial charge in [-0.25, -0.2) is 0 Å². The minimum Gasteiger partial charge on any atom is -0.351 e. The number of carbonyl (C=O) groups is 2. The van der Waals surface area contributed by atoms with E-state index in [4.69, 9.17) is 0 Å². The fraction of sp³-hybridized carbons (Fsp3) is 0.704. The minimum atomic E-state index is -0.834. The molecule has 4 rings (SSSR count). The molecule has 1 saturated carbocycles. The van der Waals surface area contributed by atoms with E-state index in [-0.39, 0.29) is 17.9 Å². The van der Waals surface area contributed by atoms with Crippen LogP contribution in [0.5, 0.6) is 0 Å². The number of rotatable bonds is 5. The normalized spacial score (nSPS) is 26.0. The van der Waals surface area contributed by atoms with Crippen molar-refractivity contribution < 1.29 is 9.59 Å². The Morgan fingerprint density at radius 3 is 2.28 bits per heavy atom. The van der Waals surface area contributed by atoms with Crippen molar-refractivity contribution in [3.05, 3.63) is 35.4 Å². The number of carbonyl (C=O) groups excluding carboxylic acids is 2. The maximum Gasteiger partial charge on any atom is 0.255 e. The standard InChI is InChI=1S/C27H41N3O2/c1-27(26(32)28-23-14-7-3-2-4-8-15-23)21-22-13-9-10-16-24(22)25(31)30(27)20-19-29-17-11-5-6-12-18-29/h9-10,13,16,23H,2-8,11-12,14-15,17-21H2,1H3,(H,28,32). The molecule has 1 unspecified atom stereocenters. The molecule has 3 aliphatic rings. The van der Waals surface area contributed by atoms with E-state index in [9.17, 15) is 9.59 Å². The fourth-order valence-electron chi connectivity index (χ4n) is 5.81. The highest BCUT2D eigenvalue weighted by Crippen LogP contribution is 2.32. The summed E-state index contributed by atoms with van der Waals surface area (Å²) in [5.74, 6) is 0.0405. The summed E-state index contributed by atoms with van der Waals surface area (Å²) in [7, 11) is 0. The second kappa shape index (κ2) is 10.8. The number of benzene rings is 1. The van der Waals surface area contributed by atoms with Crippen LogP contribution in [0.25, 0.3) is 0 Å². The molecule has 0 aromatic heterocycles. The molecule has 5 nitrogen and oxygen atoms in total. The first-order valence-corrected chi connectivity index (χ1v) is 13.0. The van der Waals surface area contributed by atoms with Crippen LogP contribution in [0.4, 0.5) is 0 Å². The fourth-order valence-corrected chi connectivity index (χ4v) is 5.81. The molecule has 1 aromatic rings. The molecule has 1 atom stereocenters. The van der Waals surface area contributed by atoms with Gasteiger partial charge in [-0.3, -0.25) is 9.59 Å². The largest absolute Gasteiger partial charge is 0.351 e. The van der Waals surface area contributed by atoms with Gasteiger partial charge < -0.3 is 15.1 Å². The van der Waals surface area contributed by atoms with Gasteiger partial charge in [0.15, 0.2) is 0 Å². The summed E-state index contributed by atoms with van der Waals surface area (Å²) in [5, 5.41) is 3.38. The molecule has 2 amide bonds. The van der Waals surface area contributed by atoms with Gasteiger partial charge in [-0.15, -0.1) is 0 Å². The van der Waals surface area contributed by atoms with Crippen molar-refractivity contribution in [2.75, 3.05) is 26.2 Å². The molecule has 1 N–H and O–H groups in total. The zero-order valence-electron chi connectivity index (χ0n) is 19.9. The third-order valence-corrected chi connectivity index (χ3v) is 7.89. The predicted octanol–water partition coefficient (Wildman–Crippen LogP) is 4.55. The Hall–Kier alpha value is -1.88. The Labute approximate surface area is 193 Å². The molecular weight excluding hydrogens is 398 g/mol. The van der Waals surface area contributed by atoms with Gasteiger partial charge in [0.2, 0.25) is 5.91 Å². The molecule has 1 aromatic carbocycles. The van der Waals surface area contributed by atoms with Crippen LogP contribution in [-0.4, -0.2) is 59.4 Å². The molecule has 1 saturated heterocycles. The topological polar surface area (TPSA) is 52.7 Å². The molecule has 5 heteroatoms. The predicted molar refractivity (Wildman–Crippen MR) is 129 cm³/mol. The van der Waals surface area contributed by atoms with E-state index in [1.54, 1.807) is 0 Å². The third-order valence-electron chi connectivity index (χ3n) is 7.89. The van der Waals surface area contributed by atoms with Gasteiger partial charge in [-0.05, 0) is 57.3 Å². The first kappa shape index (κ1) is 23.3. The smallest absolute Gasteiger partial charge is 0.255 e. The van der Waals surface area contributed by atoms with Gasteiger partial charge in [-0.2, -0.15) is 0 Å². The highest BCUT2D eigenvalue weighted by atomic mass is 16.2. The lowest BCUT2D eigenvalue weighted by atomic mass is 9.82. The number of hydrogen-bond donors (Lipinski definition) is 1.